The van der Waals surface area contributed by atoms with Crippen LogP contribution in [0.3, 0.4) is 0 Å². The molecule has 2 rings (SSSR count). The summed E-state index contributed by atoms with van der Waals surface area (Å²) in [7, 11) is 0. The van der Waals surface area contributed by atoms with Crippen LogP contribution in [0, 0.1) is 5.92 Å². The molecule has 1 heterocycles. The SMILES string of the molecule is CCCCCCCCC(=O)N(CC1CC1)CC1CCCN1. The summed E-state index contributed by atoms with van der Waals surface area (Å²) < 4.78 is 0. The number of nitrogens with zero attached hydrogens (tertiary/aromatic N) is 1. The second-order valence-electron chi connectivity index (χ2n) is 7.05. The molecular weight excluding hydrogens is 260 g/mol. The lowest BCUT2D eigenvalue weighted by Crippen LogP contribution is -2.42. The molecule has 2 aliphatic rings. The van der Waals surface area contributed by atoms with Crippen molar-refractivity contribution in [3.05, 3.63) is 0 Å². The molecule has 1 saturated heterocycles. The van der Waals surface area contributed by atoms with Gasteiger partial charge in [0.1, 0.15) is 0 Å². The summed E-state index contributed by atoms with van der Waals surface area (Å²) in [6, 6.07) is 0.553. The van der Waals surface area contributed by atoms with Gasteiger partial charge in [0.15, 0.2) is 0 Å². The minimum absolute atomic E-state index is 0.408. The molecule has 3 heteroatoms. The highest BCUT2D eigenvalue weighted by Gasteiger charge is 2.28. The molecule has 2 fully saturated rings. The van der Waals surface area contributed by atoms with Gasteiger partial charge in [-0.25, -0.2) is 0 Å². The maximum Gasteiger partial charge on any atom is 0.222 e. The van der Waals surface area contributed by atoms with Crippen LogP contribution in [0.5, 0.6) is 0 Å². The van der Waals surface area contributed by atoms with E-state index in [-0.39, 0.29) is 0 Å². The standard InChI is InChI=1S/C18H34N2O/c1-2-3-4-5-6-7-10-18(21)20(14-16-11-12-16)15-17-9-8-13-19-17/h16-17,19H,2-15H2,1H3. The highest BCUT2D eigenvalue weighted by Crippen LogP contribution is 2.30. The Hall–Kier alpha value is -0.570. The van der Waals surface area contributed by atoms with Crippen molar-refractivity contribution in [1.82, 2.24) is 10.2 Å². The summed E-state index contributed by atoms with van der Waals surface area (Å²) in [5.74, 6) is 1.21. The largest absolute Gasteiger partial charge is 0.341 e. The van der Waals surface area contributed by atoms with Gasteiger partial charge >= 0.3 is 0 Å². The average molecular weight is 294 g/mol. The maximum absolute atomic E-state index is 12.5. The fourth-order valence-electron chi connectivity index (χ4n) is 3.28. The topological polar surface area (TPSA) is 32.3 Å². The lowest BCUT2D eigenvalue weighted by molar-refractivity contribution is -0.131. The molecule has 1 unspecified atom stereocenters. The molecule has 21 heavy (non-hydrogen) atoms. The highest BCUT2D eigenvalue weighted by atomic mass is 16.2. The molecule has 122 valence electrons. The first-order chi connectivity index (χ1) is 10.3. The Morgan fingerprint density at radius 1 is 1.05 bits per heavy atom. The van der Waals surface area contributed by atoms with Crippen molar-refractivity contribution < 1.29 is 4.79 Å². The number of carbonyl (C=O) groups excluding carboxylic acids is 1. The molecule has 0 aromatic carbocycles. The van der Waals surface area contributed by atoms with Gasteiger partial charge in [0, 0.05) is 25.6 Å². The van der Waals surface area contributed by atoms with Crippen LogP contribution < -0.4 is 5.32 Å². The van der Waals surface area contributed by atoms with E-state index in [4.69, 9.17) is 0 Å². The molecule has 3 nitrogen and oxygen atoms in total. The normalized spacial score (nSPS) is 21.7. The summed E-state index contributed by atoms with van der Waals surface area (Å²) in [6.45, 7) is 5.35. The smallest absolute Gasteiger partial charge is 0.222 e. The van der Waals surface area contributed by atoms with E-state index in [0.717, 1.165) is 38.4 Å². The zero-order valence-corrected chi connectivity index (χ0v) is 13.9. The van der Waals surface area contributed by atoms with Crippen molar-refractivity contribution in [3.63, 3.8) is 0 Å². The quantitative estimate of drug-likeness (QED) is 0.589. The summed E-state index contributed by atoms with van der Waals surface area (Å²) in [5, 5.41) is 3.53. The summed E-state index contributed by atoms with van der Waals surface area (Å²) in [4.78, 5) is 14.7. The van der Waals surface area contributed by atoms with E-state index in [0.29, 0.717) is 11.9 Å². The molecule has 1 aliphatic carbocycles. The van der Waals surface area contributed by atoms with Crippen LogP contribution in [0.1, 0.15) is 77.6 Å². The van der Waals surface area contributed by atoms with E-state index >= 15 is 0 Å². The Balaban J connectivity index is 1.64. The average Bonchev–Trinajstić information content (AvgIpc) is 3.15. The van der Waals surface area contributed by atoms with Crippen LogP contribution in [-0.4, -0.2) is 36.5 Å². The molecule has 1 amide bonds. The van der Waals surface area contributed by atoms with Gasteiger partial charge in [-0.3, -0.25) is 4.79 Å². The molecule has 0 radical (unpaired) electrons. The van der Waals surface area contributed by atoms with Gasteiger partial charge in [0.2, 0.25) is 5.91 Å². The van der Waals surface area contributed by atoms with Crippen molar-refractivity contribution in [2.45, 2.75) is 83.6 Å². The number of nitrogens with one attached hydrogen (secondary N) is 1. The van der Waals surface area contributed by atoms with Crippen molar-refractivity contribution in [2.24, 2.45) is 5.92 Å². The minimum atomic E-state index is 0.408. The highest BCUT2D eigenvalue weighted by molar-refractivity contribution is 5.76. The molecule has 1 saturated carbocycles. The molecule has 1 atom stereocenters. The minimum Gasteiger partial charge on any atom is -0.341 e. The molecule has 0 aromatic rings. The number of amides is 1. The predicted octanol–water partition coefficient (Wildman–Crippen LogP) is 3.73. The second-order valence-corrected chi connectivity index (χ2v) is 7.05. The summed E-state index contributed by atoms with van der Waals surface area (Å²) in [6.07, 6.45) is 13.5. The zero-order valence-electron chi connectivity index (χ0n) is 13.9. The van der Waals surface area contributed by atoms with Crippen LogP contribution in [0.2, 0.25) is 0 Å². The monoisotopic (exact) mass is 294 g/mol. The Morgan fingerprint density at radius 2 is 1.81 bits per heavy atom. The third-order valence-corrected chi connectivity index (χ3v) is 4.88. The van der Waals surface area contributed by atoms with Crippen LogP contribution in [0.25, 0.3) is 0 Å². The Bertz CT molecular complexity index is 296. The van der Waals surface area contributed by atoms with Gasteiger partial charge in [-0.2, -0.15) is 0 Å². The van der Waals surface area contributed by atoms with E-state index in [1.165, 1.54) is 57.8 Å². The lowest BCUT2D eigenvalue weighted by atomic mass is 10.1. The van der Waals surface area contributed by atoms with Gasteiger partial charge < -0.3 is 10.2 Å². The first-order valence-electron chi connectivity index (χ1n) is 9.30. The molecule has 0 spiro atoms. The van der Waals surface area contributed by atoms with Crippen LogP contribution in [0.4, 0.5) is 0 Å². The van der Waals surface area contributed by atoms with E-state index in [1.54, 1.807) is 0 Å². The Kier molecular flexibility index (Phi) is 7.56. The Labute approximate surface area is 130 Å². The van der Waals surface area contributed by atoms with E-state index < -0.39 is 0 Å². The second kappa shape index (κ2) is 9.45. The molecule has 0 aromatic heterocycles. The van der Waals surface area contributed by atoms with Gasteiger partial charge in [-0.05, 0) is 44.6 Å². The fourth-order valence-corrected chi connectivity index (χ4v) is 3.28. The molecule has 1 aliphatic heterocycles. The van der Waals surface area contributed by atoms with Gasteiger partial charge in [0.05, 0.1) is 0 Å². The third-order valence-electron chi connectivity index (χ3n) is 4.88. The van der Waals surface area contributed by atoms with E-state index in [2.05, 4.69) is 17.1 Å². The molecular formula is C18H34N2O. The van der Waals surface area contributed by atoms with Crippen molar-refractivity contribution >= 4 is 5.91 Å². The van der Waals surface area contributed by atoms with E-state index in [1.807, 2.05) is 0 Å². The third kappa shape index (κ3) is 6.82. The fraction of sp³-hybridized carbons (Fsp3) is 0.944. The zero-order chi connectivity index (χ0) is 14.9. The van der Waals surface area contributed by atoms with Gasteiger partial charge in [0.25, 0.3) is 0 Å². The van der Waals surface area contributed by atoms with Crippen molar-refractivity contribution in [3.8, 4) is 0 Å². The van der Waals surface area contributed by atoms with Crippen molar-refractivity contribution in [2.75, 3.05) is 19.6 Å². The van der Waals surface area contributed by atoms with E-state index in [9.17, 15) is 4.79 Å². The number of carbonyl (C=O) groups is 1. The van der Waals surface area contributed by atoms with Crippen LogP contribution in [-0.2, 0) is 4.79 Å². The Morgan fingerprint density at radius 3 is 2.48 bits per heavy atom. The van der Waals surface area contributed by atoms with Crippen LogP contribution in [0.15, 0.2) is 0 Å². The molecule has 1 N–H and O–H groups in total. The van der Waals surface area contributed by atoms with Gasteiger partial charge in [-0.1, -0.05) is 39.0 Å². The van der Waals surface area contributed by atoms with Crippen molar-refractivity contribution in [1.29, 1.82) is 0 Å². The number of unbranched alkanes of at least 4 members (excludes halogenated alkanes) is 5. The number of rotatable bonds is 11. The number of hydrogen-bond acceptors (Lipinski definition) is 2. The first-order valence-corrected chi connectivity index (χ1v) is 9.30. The first kappa shape index (κ1) is 16.8. The number of hydrogen-bond donors (Lipinski definition) is 1. The summed E-state index contributed by atoms with van der Waals surface area (Å²) in [5.41, 5.74) is 0. The lowest BCUT2D eigenvalue weighted by Gasteiger charge is -2.26. The predicted molar refractivity (Wildman–Crippen MR) is 88.3 cm³/mol. The summed E-state index contributed by atoms with van der Waals surface area (Å²) >= 11 is 0. The van der Waals surface area contributed by atoms with Gasteiger partial charge in [-0.15, -0.1) is 0 Å². The molecule has 0 bridgehead atoms. The van der Waals surface area contributed by atoms with Crippen LogP contribution >= 0.6 is 0 Å². The maximum atomic E-state index is 12.5.